The lowest BCUT2D eigenvalue weighted by Gasteiger charge is -2.21. The number of aromatic nitrogens is 2. The molecule has 0 saturated carbocycles. The molecule has 1 aromatic heterocycles. The van der Waals surface area contributed by atoms with Crippen LogP contribution in [0.15, 0.2) is 83.7 Å². The molecule has 1 N–H and O–H groups in total. The highest BCUT2D eigenvalue weighted by molar-refractivity contribution is 6.31. The third-order valence-electron chi connectivity index (χ3n) is 5.24. The number of para-hydroxylation sites is 1. The number of halogens is 4. The molecule has 1 amide bonds. The predicted octanol–water partition coefficient (Wildman–Crippen LogP) is 5.84. The van der Waals surface area contributed by atoms with Crippen LogP contribution in [0.4, 0.5) is 13.2 Å². The Balaban J connectivity index is 1.63. The number of aromatic amines is 1. The lowest BCUT2D eigenvalue weighted by molar-refractivity contribution is -0.137. The van der Waals surface area contributed by atoms with Crippen molar-refractivity contribution in [3.05, 3.63) is 117 Å². The van der Waals surface area contributed by atoms with E-state index in [-0.39, 0.29) is 30.0 Å². The molecule has 0 unspecified atom stereocenters. The van der Waals surface area contributed by atoms with E-state index >= 15 is 0 Å². The monoisotopic (exact) mass is 497 g/mol. The first-order valence-corrected chi connectivity index (χ1v) is 10.9. The van der Waals surface area contributed by atoms with Crippen LogP contribution < -0.4 is 5.56 Å². The van der Waals surface area contributed by atoms with Crippen molar-refractivity contribution < 1.29 is 18.0 Å². The Labute approximate surface area is 203 Å². The number of nitrogens with one attached hydrogen (secondary N) is 1. The molecule has 0 radical (unpaired) electrons. The summed E-state index contributed by atoms with van der Waals surface area (Å²) < 4.78 is 39.5. The van der Waals surface area contributed by atoms with Crippen LogP contribution in [-0.4, -0.2) is 20.8 Å². The predicted molar refractivity (Wildman–Crippen MR) is 129 cm³/mol. The summed E-state index contributed by atoms with van der Waals surface area (Å²) in [6.07, 6.45) is -2.13. The van der Waals surface area contributed by atoms with Crippen molar-refractivity contribution in [3.8, 4) is 0 Å². The van der Waals surface area contributed by atoms with Crippen molar-refractivity contribution in [2.45, 2.75) is 19.3 Å². The van der Waals surface area contributed by atoms with Crippen LogP contribution in [0.3, 0.4) is 0 Å². The number of rotatable bonds is 6. The van der Waals surface area contributed by atoms with Crippen LogP contribution in [0.2, 0.25) is 5.02 Å². The van der Waals surface area contributed by atoms with Gasteiger partial charge >= 0.3 is 6.18 Å². The SMILES string of the molecule is O=C(/C=C/c1ccc(Cl)c(C(F)(F)F)c1)N(Cc1ccccc1)Cc1nc2ccccc2c(=O)[nH]1. The third-order valence-corrected chi connectivity index (χ3v) is 5.57. The van der Waals surface area contributed by atoms with E-state index in [2.05, 4.69) is 9.97 Å². The van der Waals surface area contributed by atoms with Crippen molar-refractivity contribution in [2.75, 3.05) is 0 Å². The van der Waals surface area contributed by atoms with Gasteiger partial charge < -0.3 is 9.88 Å². The second-order valence-corrected chi connectivity index (χ2v) is 8.19. The second-order valence-electron chi connectivity index (χ2n) is 7.78. The van der Waals surface area contributed by atoms with Gasteiger partial charge in [-0.25, -0.2) is 4.98 Å². The summed E-state index contributed by atoms with van der Waals surface area (Å²) in [6, 6.07) is 19.5. The molecule has 0 bridgehead atoms. The fraction of sp³-hybridized carbons (Fsp3) is 0.115. The smallest absolute Gasteiger partial charge is 0.327 e. The molecule has 0 saturated heterocycles. The molecular formula is C26H19ClF3N3O2. The standard InChI is InChI=1S/C26H19ClF3N3O2/c27-21-12-10-17(14-20(21)26(28,29)30)11-13-24(34)33(15-18-6-2-1-3-7-18)16-23-31-22-9-5-4-8-19(22)25(35)32-23/h1-14H,15-16H2,(H,31,32,35)/b13-11+. The highest BCUT2D eigenvalue weighted by atomic mass is 35.5. The summed E-state index contributed by atoms with van der Waals surface area (Å²) in [5.41, 5.74) is 0.201. The largest absolute Gasteiger partial charge is 0.417 e. The molecule has 5 nitrogen and oxygen atoms in total. The van der Waals surface area contributed by atoms with Gasteiger partial charge in [-0.3, -0.25) is 9.59 Å². The Kier molecular flexibility index (Phi) is 7.02. The van der Waals surface area contributed by atoms with E-state index in [1.54, 1.807) is 24.3 Å². The van der Waals surface area contributed by atoms with Gasteiger partial charge in [-0.05, 0) is 41.5 Å². The van der Waals surface area contributed by atoms with Crippen LogP contribution >= 0.6 is 11.6 Å². The van der Waals surface area contributed by atoms with Gasteiger partial charge in [0, 0.05) is 12.6 Å². The average molecular weight is 498 g/mol. The summed E-state index contributed by atoms with van der Waals surface area (Å²) in [6.45, 7) is 0.196. The highest BCUT2D eigenvalue weighted by Crippen LogP contribution is 2.35. The fourth-order valence-electron chi connectivity index (χ4n) is 3.54. The van der Waals surface area contributed by atoms with Crippen molar-refractivity contribution in [3.63, 3.8) is 0 Å². The maximum atomic E-state index is 13.2. The summed E-state index contributed by atoms with van der Waals surface area (Å²) in [5.74, 6) is -0.176. The Morgan fingerprint density at radius 2 is 1.71 bits per heavy atom. The van der Waals surface area contributed by atoms with E-state index in [9.17, 15) is 22.8 Å². The molecule has 4 rings (SSSR count). The van der Waals surface area contributed by atoms with E-state index in [4.69, 9.17) is 11.6 Å². The third kappa shape index (κ3) is 5.96. The Bertz CT molecular complexity index is 1450. The summed E-state index contributed by atoms with van der Waals surface area (Å²) in [5, 5.41) is 0.0123. The number of amides is 1. The van der Waals surface area contributed by atoms with E-state index in [1.165, 1.54) is 23.1 Å². The lowest BCUT2D eigenvalue weighted by atomic mass is 10.1. The number of fused-ring (bicyclic) bond motifs is 1. The molecular weight excluding hydrogens is 479 g/mol. The quantitative estimate of drug-likeness (QED) is 0.340. The molecule has 0 aliphatic heterocycles. The van der Waals surface area contributed by atoms with Gasteiger partial charge in [-0.15, -0.1) is 0 Å². The Hall–Kier alpha value is -3.91. The zero-order chi connectivity index (χ0) is 25.0. The minimum atomic E-state index is -4.61. The zero-order valence-corrected chi connectivity index (χ0v) is 19.0. The molecule has 0 fully saturated rings. The first-order chi connectivity index (χ1) is 16.7. The topological polar surface area (TPSA) is 66.1 Å². The van der Waals surface area contributed by atoms with Crippen molar-refractivity contribution in [1.29, 1.82) is 0 Å². The number of benzene rings is 3. The molecule has 1 heterocycles. The number of hydrogen-bond donors (Lipinski definition) is 1. The van der Waals surface area contributed by atoms with E-state index < -0.39 is 22.7 Å². The molecule has 0 atom stereocenters. The number of carbonyl (C=O) groups excluding carboxylic acids is 1. The second kappa shape index (κ2) is 10.1. The van der Waals surface area contributed by atoms with Gasteiger partial charge in [-0.1, -0.05) is 60.1 Å². The normalized spacial score (nSPS) is 11.8. The molecule has 3 aromatic carbocycles. The highest BCUT2D eigenvalue weighted by Gasteiger charge is 2.33. The zero-order valence-electron chi connectivity index (χ0n) is 18.2. The molecule has 0 aliphatic carbocycles. The van der Waals surface area contributed by atoms with Crippen molar-refractivity contribution >= 4 is 34.5 Å². The van der Waals surface area contributed by atoms with Crippen LogP contribution in [0.5, 0.6) is 0 Å². The first-order valence-electron chi connectivity index (χ1n) is 10.6. The summed E-state index contributed by atoms with van der Waals surface area (Å²) in [7, 11) is 0. The lowest BCUT2D eigenvalue weighted by Crippen LogP contribution is -2.30. The maximum absolute atomic E-state index is 13.2. The first kappa shape index (κ1) is 24.2. The summed E-state index contributed by atoms with van der Waals surface area (Å²) >= 11 is 5.67. The van der Waals surface area contributed by atoms with Gasteiger partial charge in [0.05, 0.1) is 28.0 Å². The van der Waals surface area contributed by atoms with Gasteiger partial charge in [-0.2, -0.15) is 13.2 Å². The minimum absolute atomic E-state index is 0.00738. The van der Waals surface area contributed by atoms with E-state index in [0.29, 0.717) is 10.9 Å². The molecule has 4 aromatic rings. The Morgan fingerprint density at radius 3 is 2.46 bits per heavy atom. The van der Waals surface area contributed by atoms with Crippen LogP contribution in [0.1, 0.15) is 22.5 Å². The summed E-state index contributed by atoms with van der Waals surface area (Å²) in [4.78, 5) is 34.1. The number of hydrogen-bond acceptors (Lipinski definition) is 3. The minimum Gasteiger partial charge on any atom is -0.327 e. The van der Waals surface area contributed by atoms with Gasteiger partial charge in [0.15, 0.2) is 0 Å². The fourth-order valence-corrected chi connectivity index (χ4v) is 3.77. The molecule has 178 valence electrons. The maximum Gasteiger partial charge on any atom is 0.417 e. The van der Waals surface area contributed by atoms with Crippen LogP contribution in [-0.2, 0) is 24.1 Å². The molecule has 0 spiro atoms. The van der Waals surface area contributed by atoms with Crippen LogP contribution in [0, 0.1) is 0 Å². The van der Waals surface area contributed by atoms with Gasteiger partial charge in [0.25, 0.3) is 5.56 Å². The molecule has 9 heteroatoms. The molecule has 35 heavy (non-hydrogen) atoms. The number of nitrogens with zero attached hydrogens (tertiary/aromatic N) is 2. The van der Waals surface area contributed by atoms with Crippen LogP contribution in [0.25, 0.3) is 17.0 Å². The van der Waals surface area contributed by atoms with Gasteiger partial charge in [0.2, 0.25) is 5.91 Å². The van der Waals surface area contributed by atoms with E-state index in [1.807, 2.05) is 30.3 Å². The number of alkyl halides is 3. The van der Waals surface area contributed by atoms with Crippen molar-refractivity contribution in [1.82, 2.24) is 14.9 Å². The Morgan fingerprint density at radius 1 is 1.00 bits per heavy atom. The average Bonchev–Trinajstić information content (AvgIpc) is 2.83. The van der Waals surface area contributed by atoms with Crippen molar-refractivity contribution in [2.24, 2.45) is 0 Å². The number of H-pyrrole nitrogens is 1. The number of carbonyl (C=O) groups is 1. The van der Waals surface area contributed by atoms with Gasteiger partial charge in [0.1, 0.15) is 5.82 Å². The molecule has 0 aliphatic rings. The van der Waals surface area contributed by atoms with E-state index in [0.717, 1.165) is 17.7 Å².